The van der Waals surface area contributed by atoms with Crippen LogP contribution in [0.4, 0.5) is 5.13 Å². The van der Waals surface area contributed by atoms with Crippen molar-refractivity contribution in [1.29, 1.82) is 0 Å². The first-order chi connectivity index (χ1) is 15.9. The molecule has 8 heteroatoms. The first kappa shape index (κ1) is 21.1. The van der Waals surface area contributed by atoms with Gasteiger partial charge in [-0.25, -0.2) is 9.78 Å². The van der Waals surface area contributed by atoms with E-state index >= 15 is 0 Å². The van der Waals surface area contributed by atoms with Gasteiger partial charge in [0.15, 0.2) is 10.6 Å². The third-order valence-corrected chi connectivity index (χ3v) is 6.98. The van der Waals surface area contributed by atoms with Crippen LogP contribution in [0.1, 0.15) is 55.6 Å². The van der Waals surface area contributed by atoms with Gasteiger partial charge in [0.05, 0.1) is 29.8 Å². The molecular weight excluding hydrogens is 440 g/mol. The van der Waals surface area contributed by atoms with Crippen LogP contribution in [-0.4, -0.2) is 24.0 Å². The maximum Gasteiger partial charge on any atom is 0.350 e. The molecule has 0 bridgehead atoms. The predicted octanol–water partition coefficient (Wildman–Crippen LogP) is 4.66. The summed E-state index contributed by atoms with van der Waals surface area (Å²) in [5, 5.41) is 0.712. The van der Waals surface area contributed by atoms with Crippen LogP contribution in [0.25, 0.3) is 11.0 Å². The summed E-state index contributed by atoms with van der Waals surface area (Å²) in [6, 6.07) is 13.9. The highest BCUT2D eigenvalue weighted by atomic mass is 32.1. The lowest BCUT2D eigenvalue weighted by Gasteiger charge is -2.22. The number of hydrogen-bond donors (Lipinski definition) is 0. The number of fused-ring (bicyclic) bond motifs is 2. The molecule has 2 aromatic heterocycles. The van der Waals surface area contributed by atoms with Crippen molar-refractivity contribution in [3.63, 3.8) is 0 Å². The Hall–Kier alpha value is -3.78. The fourth-order valence-electron chi connectivity index (χ4n) is 4.14. The lowest BCUT2D eigenvalue weighted by atomic mass is 9.97. The topological polar surface area (TPSA) is 89.7 Å². The van der Waals surface area contributed by atoms with E-state index in [0.29, 0.717) is 26.7 Å². The van der Waals surface area contributed by atoms with Gasteiger partial charge in [-0.2, -0.15) is 0 Å². The number of carbonyl (C=O) groups excluding carboxylic acids is 2. The van der Waals surface area contributed by atoms with Gasteiger partial charge in [0, 0.05) is 0 Å². The number of benzene rings is 2. The van der Waals surface area contributed by atoms with Gasteiger partial charge in [0.25, 0.3) is 5.91 Å². The van der Waals surface area contributed by atoms with Crippen LogP contribution >= 0.6 is 11.3 Å². The van der Waals surface area contributed by atoms with Crippen LogP contribution < -0.4 is 10.3 Å². The molecule has 3 heterocycles. The Kier molecular flexibility index (Phi) is 5.09. The second-order valence-corrected chi connectivity index (χ2v) is 8.72. The molecule has 5 rings (SSSR count). The highest BCUT2D eigenvalue weighted by molar-refractivity contribution is 7.17. The van der Waals surface area contributed by atoms with Crippen LogP contribution in [0.3, 0.4) is 0 Å². The number of anilines is 1. The smallest absolute Gasteiger partial charge is 0.350 e. The fraction of sp³-hybridized carbons (Fsp3) is 0.200. The van der Waals surface area contributed by atoms with Gasteiger partial charge < -0.3 is 9.15 Å². The average molecular weight is 461 g/mol. The summed E-state index contributed by atoms with van der Waals surface area (Å²) >= 11 is 1.06. The number of thiazole rings is 1. The summed E-state index contributed by atoms with van der Waals surface area (Å²) in [6.07, 6.45) is 0.866. The zero-order valence-electron chi connectivity index (χ0n) is 18.2. The first-order valence-electron chi connectivity index (χ1n) is 10.5. The lowest BCUT2D eigenvalue weighted by molar-refractivity contribution is 0.0605. The van der Waals surface area contributed by atoms with Crippen LogP contribution in [0, 0.1) is 6.92 Å². The van der Waals surface area contributed by atoms with Gasteiger partial charge in [0.1, 0.15) is 10.5 Å². The molecule has 0 saturated carbocycles. The number of aromatic nitrogens is 1. The number of carbonyl (C=O) groups is 2. The largest absolute Gasteiger partial charge is 0.465 e. The molecule has 7 nitrogen and oxygen atoms in total. The maximum atomic E-state index is 13.6. The molecule has 0 saturated heterocycles. The van der Waals surface area contributed by atoms with Gasteiger partial charge in [-0.1, -0.05) is 54.7 Å². The van der Waals surface area contributed by atoms with Crippen LogP contribution in [0.15, 0.2) is 57.7 Å². The average Bonchev–Trinajstić information content (AvgIpc) is 3.36. The maximum absolute atomic E-state index is 13.6. The van der Waals surface area contributed by atoms with Crippen molar-refractivity contribution in [2.75, 3.05) is 12.0 Å². The van der Waals surface area contributed by atoms with Crippen molar-refractivity contribution >= 4 is 39.3 Å². The molecule has 1 unspecified atom stereocenters. The van der Waals surface area contributed by atoms with Gasteiger partial charge in [-0.3, -0.25) is 14.5 Å². The number of hydrogen-bond acceptors (Lipinski definition) is 7. The predicted molar refractivity (Wildman–Crippen MR) is 125 cm³/mol. The van der Waals surface area contributed by atoms with E-state index in [4.69, 9.17) is 9.15 Å². The minimum atomic E-state index is -0.727. The summed E-state index contributed by atoms with van der Waals surface area (Å²) in [6.45, 7) is 3.74. The van der Waals surface area contributed by atoms with Gasteiger partial charge in [-0.15, -0.1) is 0 Å². The Morgan fingerprint density at radius 2 is 1.88 bits per heavy atom. The van der Waals surface area contributed by atoms with E-state index in [0.717, 1.165) is 28.9 Å². The van der Waals surface area contributed by atoms with Crippen LogP contribution in [-0.2, 0) is 11.2 Å². The monoisotopic (exact) mass is 460 g/mol. The van der Waals surface area contributed by atoms with Crippen molar-refractivity contribution in [3.05, 3.63) is 91.8 Å². The molecule has 166 valence electrons. The zero-order valence-corrected chi connectivity index (χ0v) is 19.1. The van der Waals surface area contributed by atoms with Crippen molar-refractivity contribution in [1.82, 2.24) is 4.98 Å². The van der Waals surface area contributed by atoms with Crippen LogP contribution in [0.2, 0.25) is 0 Å². The first-order valence-corrected chi connectivity index (χ1v) is 11.3. The van der Waals surface area contributed by atoms with E-state index in [-0.39, 0.29) is 16.8 Å². The number of methoxy groups -OCH3 is 1. The second kappa shape index (κ2) is 7.97. The lowest BCUT2D eigenvalue weighted by Crippen LogP contribution is -2.29. The van der Waals surface area contributed by atoms with Gasteiger partial charge >= 0.3 is 5.97 Å². The summed E-state index contributed by atoms with van der Waals surface area (Å²) in [5.74, 6) is -0.998. The van der Waals surface area contributed by atoms with E-state index in [2.05, 4.69) is 11.9 Å². The number of para-hydroxylation sites is 1. The van der Waals surface area contributed by atoms with Crippen molar-refractivity contribution in [2.45, 2.75) is 26.3 Å². The molecule has 2 aromatic carbocycles. The molecule has 0 aliphatic carbocycles. The second-order valence-electron chi connectivity index (χ2n) is 7.75. The molecule has 1 atom stereocenters. The number of amides is 1. The highest BCUT2D eigenvalue weighted by Gasteiger charge is 2.45. The molecule has 1 amide bonds. The van der Waals surface area contributed by atoms with E-state index in [1.165, 1.54) is 12.0 Å². The number of esters is 1. The Morgan fingerprint density at radius 3 is 2.58 bits per heavy atom. The Labute approximate surface area is 193 Å². The molecule has 33 heavy (non-hydrogen) atoms. The van der Waals surface area contributed by atoms with E-state index in [1.54, 1.807) is 31.2 Å². The highest BCUT2D eigenvalue weighted by Crippen LogP contribution is 2.43. The molecule has 0 fully saturated rings. The Bertz CT molecular complexity index is 1470. The molecule has 4 aromatic rings. The van der Waals surface area contributed by atoms with E-state index in [1.807, 2.05) is 24.3 Å². The van der Waals surface area contributed by atoms with Crippen molar-refractivity contribution in [2.24, 2.45) is 0 Å². The number of aryl methyl sites for hydroxylation is 2. The SMILES string of the molecule is CCc1ccc(C2c3c(oc4ccccc4c3=O)C(=O)N2c2nc(C)c(C(=O)OC)s2)cc1. The van der Waals surface area contributed by atoms with Crippen molar-refractivity contribution in [3.8, 4) is 0 Å². The normalized spacial score (nSPS) is 15.2. The number of ether oxygens (including phenoxy) is 1. The van der Waals surface area contributed by atoms with Crippen molar-refractivity contribution < 1.29 is 18.7 Å². The quantitative estimate of drug-likeness (QED) is 0.412. The Morgan fingerprint density at radius 1 is 1.15 bits per heavy atom. The molecule has 0 N–H and O–H groups in total. The number of nitrogens with zero attached hydrogens (tertiary/aromatic N) is 2. The molecular formula is C25H20N2O5S. The number of rotatable bonds is 4. The Balaban J connectivity index is 1.76. The summed E-state index contributed by atoms with van der Waals surface area (Å²) in [7, 11) is 1.30. The van der Waals surface area contributed by atoms with E-state index < -0.39 is 17.9 Å². The minimum Gasteiger partial charge on any atom is -0.465 e. The zero-order chi connectivity index (χ0) is 23.3. The summed E-state index contributed by atoms with van der Waals surface area (Å²) in [5.41, 5.74) is 2.72. The fourth-order valence-corrected chi connectivity index (χ4v) is 5.15. The molecule has 0 spiro atoms. The summed E-state index contributed by atoms with van der Waals surface area (Å²) < 4.78 is 10.8. The van der Waals surface area contributed by atoms with Gasteiger partial charge in [0.2, 0.25) is 5.76 Å². The molecule has 1 aliphatic rings. The third kappa shape index (κ3) is 3.25. The van der Waals surface area contributed by atoms with E-state index in [9.17, 15) is 14.4 Å². The van der Waals surface area contributed by atoms with Gasteiger partial charge in [-0.05, 0) is 36.6 Å². The molecule has 1 aliphatic heterocycles. The molecule has 0 radical (unpaired) electrons. The summed E-state index contributed by atoms with van der Waals surface area (Å²) in [4.78, 5) is 45.6. The minimum absolute atomic E-state index is 0.00395. The standard InChI is InChI=1S/C25H20N2O5S/c1-4-14-9-11-15(12-10-14)19-18-20(28)16-7-5-6-8-17(16)32-21(18)23(29)27(19)25-26-13(2)22(33-25)24(30)31-3/h5-12,19H,4H2,1-3H3. The third-order valence-electron chi connectivity index (χ3n) is 5.84. The van der Waals surface area contributed by atoms with Crippen LogP contribution in [0.5, 0.6) is 0 Å².